The Labute approximate surface area is 101 Å². The minimum atomic E-state index is -0.0993. The Morgan fingerprint density at radius 2 is 2.06 bits per heavy atom. The molecular formula is C13H18N3O+. The second-order valence-electron chi connectivity index (χ2n) is 4.34. The van der Waals surface area contributed by atoms with Crippen LogP contribution in [0.1, 0.15) is 16.8 Å². The molecule has 0 fully saturated rings. The fraction of sp³-hybridized carbons (Fsp3) is 0.308. The van der Waals surface area contributed by atoms with E-state index in [2.05, 4.69) is 24.0 Å². The Bertz CT molecular complexity index is 414. The number of hydrazine groups is 1. The van der Waals surface area contributed by atoms with Gasteiger partial charge >= 0.3 is 0 Å². The summed E-state index contributed by atoms with van der Waals surface area (Å²) in [6.07, 6.45) is 3.10. The molecule has 4 nitrogen and oxygen atoms in total. The topological polar surface area (TPSA) is 45.6 Å². The van der Waals surface area contributed by atoms with Crippen molar-refractivity contribution in [3.05, 3.63) is 47.7 Å². The molecule has 1 atom stereocenters. The highest BCUT2D eigenvalue weighted by molar-refractivity contribution is 5.93. The number of likely N-dealkylation sites (N-methyl/N-ethyl adjacent to an activating group) is 1. The third-order valence-electron chi connectivity index (χ3n) is 2.89. The first-order valence-corrected chi connectivity index (χ1v) is 5.87. The van der Waals surface area contributed by atoms with Gasteiger partial charge in [-0.15, -0.1) is 0 Å². The van der Waals surface area contributed by atoms with Crippen LogP contribution in [0, 0.1) is 0 Å². The minimum Gasteiger partial charge on any atom is -0.334 e. The van der Waals surface area contributed by atoms with Crippen LogP contribution in [0.4, 0.5) is 0 Å². The zero-order chi connectivity index (χ0) is 12.1. The number of hydrogen-bond donors (Lipinski definition) is 3. The van der Waals surface area contributed by atoms with E-state index >= 15 is 0 Å². The fourth-order valence-corrected chi connectivity index (χ4v) is 1.76. The van der Waals surface area contributed by atoms with Crippen LogP contribution in [-0.4, -0.2) is 26.0 Å². The van der Waals surface area contributed by atoms with Gasteiger partial charge in [0.2, 0.25) is 0 Å². The molecule has 3 N–H and O–H groups in total. The van der Waals surface area contributed by atoms with Crippen molar-refractivity contribution in [3.8, 4) is 0 Å². The third-order valence-corrected chi connectivity index (χ3v) is 2.89. The van der Waals surface area contributed by atoms with Crippen LogP contribution >= 0.6 is 0 Å². The van der Waals surface area contributed by atoms with Crippen molar-refractivity contribution in [1.82, 2.24) is 10.9 Å². The highest BCUT2D eigenvalue weighted by Crippen LogP contribution is 1.99. The second kappa shape index (κ2) is 5.50. The highest BCUT2D eigenvalue weighted by atomic mass is 16.2. The molecule has 1 aliphatic heterocycles. The SMILES string of the molecule is C[NH+]1CC=C(NNC(=O)c2ccccc2)CC1. The molecule has 90 valence electrons. The van der Waals surface area contributed by atoms with Crippen LogP contribution in [0.2, 0.25) is 0 Å². The Morgan fingerprint density at radius 1 is 1.29 bits per heavy atom. The van der Waals surface area contributed by atoms with E-state index < -0.39 is 0 Å². The highest BCUT2D eigenvalue weighted by Gasteiger charge is 2.11. The van der Waals surface area contributed by atoms with Gasteiger partial charge in [0.1, 0.15) is 0 Å². The van der Waals surface area contributed by atoms with Gasteiger partial charge in [-0.2, -0.15) is 0 Å². The predicted molar refractivity (Wildman–Crippen MR) is 66.4 cm³/mol. The van der Waals surface area contributed by atoms with E-state index in [0.29, 0.717) is 5.56 Å². The van der Waals surface area contributed by atoms with E-state index in [1.807, 2.05) is 18.2 Å². The molecule has 1 amide bonds. The van der Waals surface area contributed by atoms with Gasteiger partial charge in [-0.3, -0.25) is 10.2 Å². The monoisotopic (exact) mass is 232 g/mol. The predicted octanol–water partition coefficient (Wildman–Crippen LogP) is -0.277. The summed E-state index contributed by atoms with van der Waals surface area (Å²) >= 11 is 0. The molecule has 17 heavy (non-hydrogen) atoms. The molecule has 1 aromatic carbocycles. The lowest BCUT2D eigenvalue weighted by Gasteiger charge is -2.20. The normalized spacial score (nSPS) is 19.4. The number of benzene rings is 1. The van der Waals surface area contributed by atoms with E-state index in [1.54, 1.807) is 12.1 Å². The van der Waals surface area contributed by atoms with Crippen molar-refractivity contribution in [3.63, 3.8) is 0 Å². The van der Waals surface area contributed by atoms with Crippen LogP contribution in [0.3, 0.4) is 0 Å². The maximum Gasteiger partial charge on any atom is 0.269 e. The summed E-state index contributed by atoms with van der Waals surface area (Å²) in [6.45, 7) is 2.10. The maximum atomic E-state index is 11.7. The van der Waals surface area contributed by atoms with E-state index in [0.717, 1.165) is 25.2 Å². The number of quaternary nitrogens is 1. The number of carbonyl (C=O) groups is 1. The molecule has 0 aromatic heterocycles. The fourth-order valence-electron chi connectivity index (χ4n) is 1.76. The molecule has 0 saturated heterocycles. The lowest BCUT2D eigenvalue weighted by Crippen LogP contribution is -3.09. The molecule has 0 radical (unpaired) electrons. The first-order chi connectivity index (χ1) is 8.25. The van der Waals surface area contributed by atoms with Crippen molar-refractivity contribution >= 4 is 5.91 Å². The average Bonchev–Trinajstić information content (AvgIpc) is 2.39. The summed E-state index contributed by atoms with van der Waals surface area (Å²) in [7, 11) is 2.16. The summed E-state index contributed by atoms with van der Waals surface area (Å²) in [6, 6.07) is 9.20. The summed E-state index contributed by atoms with van der Waals surface area (Å²) in [5.41, 5.74) is 7.47. The Kier molecular flexibility index (Phi) is 3.77. The van der Waals surface area contributed by atoms with Crippen molar-refractivity contribution in [1.29, 1.82) is 0 Å². The van der Waals surface area contributed by atoms with Gasteiger partial charge in [-0.1, -0.05) is 18.2 Å². The van der Waals surface area contributed by atoms with Crippen LogP contribution in [0.5, 0.6) is 0 Å². The zero-order valence-corrected chi connectivity index (χ0v) is 9.99. The number of nitrogens with one attached hydrogen (secondary N) is 3. The lowest BCUT2D eigenvalue weighted by atomic mass is 10.2. The maximum absolute atomic E-state index is 11.7. The Morgan fingerprint density at radius 3 is 2.71 bits per heavy atom. The molecule has 0 bridgehead atoms. The molecule has 0 saturated carbocycles. The van der Waals surface area contributed by atoms with Crippen molar-refractivity contribution < 1.29 is 9.69 Å². The summed E-state index contributed by atoms with van der Waals surface area (Å²) in [5.74, 6) is -0.0993. The molecule has 4 heteroatoms. The summed E-state index contributed by atoms with van der Waals surface area (Å²) < 4.78 is 0. The Balaban J connectivity index is 1.85. The number of hydrogen-bond acceptors (Lipinski definition) is 2. The number of carbonyl (C=O) groups excluding carboxylic acids is 1. The van der Waals surface area contributed by atoms with Crippen molar-refractivity contribution in [2.45, 2.75) is 6.42 Å². The smallest absolute Gasteiger partial charge is 0.269 e. The van der Waals surface area contributed by atoms with Gasteiger partial charge in [-0.25, -0.2) is 0 Å². The van der Waals surface area contributed by atoms with Gasteiger partial charge in [0.15, 0.2) is 0 Å². The first-order valence-electron chi connectivity index (χ1n) is 5.87. The molecular weight excluding hydrogens is 214 g/mol. The van der Waals surface area contributed by atoms with Crippen LogP contribution in [-0.2, 0) is 0 Å². The van der Waals surface area contributed by atoms with Crippen LogP contribution in [0.15, 0.2) is 42.1 Å². The number of amides is 1. The molecule has 0 spiro atoms. The second-order valence-corrected chi connectivity index (χ2v) is 4.34. The molecule has 1 aromatic rings. The van der Waals surface area contributed by atoms with E-state index in [4.69, 9.17) is 0 Å². The molecule has 1 unspecified atom stereocenters. The molecule has 2 rings (SSSR count). The van der Waals surface area contributed by atoms with Crippen molar-refractivity contribution in [2.24, 2.45) is 0 Å². The first kappa shape index (κ1) is 11.7. The largest absolute Gasteiger partial charge is 0.334 e. The average molecular weight is 232 g/mol. The van der Waals surface area contributed by atoms with Gasteiger partial charge in [0.05, 0.1) is 20.1 Å². The quantitative estimate of drug-likeness (QED) is 0.628. The van der Waals surface area contributed by atoms with E-state index in [-0.39, 0.29) is 5.91 Å². The van der Waals surface area contributed by atoms with Crippen LogP contribution < -0.4 is 15.8 Å². The van der Waals surface area contributed by atoms with Crippen molar-refractivity contribution in [2.75, 3.05) is 20.1 Å². The molecule has 1 aliphatic rings. The van der Waals surface area contributed by atoms with E-state index in [9.17, 15) is 4.79 Å². The third kappa shape index (κ3) is 3.32. The van der Waals surface area contributed by atoms with Gasteiger partial charge < -0.3 is 10.3 Å². The van der Waals surface area contributed by atoms with E-state index in [1.165, 1.54) is 4.90 Å². The summed E-state index contributed by atoms with van der Waals surface area (Å²) in [4.78, 5) is 13.2. The van der Waals surface area contributed by atoms with Crippen LogP contribution in [0.25, 0.3) is 0 Å². The minimum absolute atomic E-state index is 0.0993. The molecule has 1 heterocycles. The Hall–Kier alpha value is -1.81. The standard InChI is InChI=1S/C13H17N3O/c1-16-9-7-12(8-10-16)14-15-13(17)11-5-3-2-4-6-11/h2-7,14H,8-10H2,1H3,(H,15,17)/p+1. The zero-order valence-electron chi connectivity index (χ0n) is 9.99. The molecule has 0 aliphatic carbocycles. The van der Waals surface area contributed by atoms with Gasteiger partial charge in [0.25, 0.3) is 5.91 Å². The number of rotatable bonds is 3. The van der Waals surface area contributed by atoms with Gasteiger partial charge in [0, 0.05) is 17.7 Å². The van der Waals surface area contributed by atoms with Gasteiger partial charge in [-0.05, 0) is 18.2 Å². The lowest BCUT2D eigenvalue weighted by molar-refractivity contribution is -0.875. The summed E-state index contributed by atoms with van der Waals surface area (Å²) in [5, 5.41) is 0.